The number of thioether (sulfide) groups is 1. The molecule has 1 amide bonds. The lowest BCUT2D eigenvalue weighted by Crippen LogP contribution is -2.20. The number of nitrogens with zero attached hydrogens (tertiary/aromatic N) is 4. The summed E-state index contributed by atoms with van der Waals surface area (Å²) in [5, 5.41) is 15.4. The van der Waals surface area contributed by atoms with Crippen molar-refractivity contribution in [1.82, 2.24) is 20.2 Å². The van der Waals surface area contributed by atoms with Gasteiger partial charge in [-0.15, -0.1) is 5.10 Å². The Morgan fingerprint density at radius 1 is 1.28 bits per heavy atom. The average molecular weight is 376 g/mol. The van der Waals surface area contributed by atoms with Crippen molar-refractivity contribution in [3.05, 3.63) is 53.6 Å². The number of tetrazole rings is 1. The molecule has 25 heavy (non-hydrogen) atoms. The van der Waals surface area contributed by atoms with E-state index in [0.29, 0.717) is 21.6 Å². The van der Waals surface area contributed by atoms with E-state index >= 15 is 0 Å². The van der Waals surface area contributed by atoms with Gasteiger partial charge in [0.1, 0.15) is 5.75 Å². The smallest absolute Gasteiger partial charge is 0.262 e. The molecule has 3 rings (SSSR count). The molecule has 0 aliphatic rings. The normalized spacial score (nSPS) is 10.5. The maximum atomic E-state index is 12.1. The molecule has 2 aromatic carbocycles. The summed E-state index contributed by atoms with van der Waals surface area (Å²) in [4.78, 5) is 12.1. The Morgan fingerprint density at radius 3 is 2.92 bits per heavy atom. The quantitative estimate of drug-likeness (QED) is 0.667. The van der Waals surface area contributed by atoms with E-state index < -0.39 is 0 Å². The summed E-state index contributed by atoms with van der Waals surface area (Å²) in [7, 11) is 0. The molecule has 0 unspecified atom stereocenters. The van der Waals surface area contributed by atoms with E-state index in [0.717, 1.165) is 5.69 Å². The van der Waals surface area contributed by atoms with Crippen LogP contribution in [0.4, 0.5) is 5.69 Å². The average Bonchev–Trinajstić information content (AvgIpc) is 3.10. The highest BCUT2D eigenvalue weighted by Gasteiger charge is 2.09. The predicted octanol–water partition coefficient (Wildman–Crippen LogP) is 3.06. The minimum absolute atomic E-state index is 0.144. The van der Waals surface area contributed by atoms with Gasteiger partial charge in [0.2, 0.25) is 5.16 Å². The number of para-hydroxylation sites is 1. The number of halogens is 1. The first kappa shape index (κ1) is 17.2. The van der Waals surface area contributed by atoms with E-state index in [2.05, 4.69) is 20.8 Å². The summed E-state index contributed by atoms with van der Waals surface area (Å²) < 4.78 is 7.02. The Morgan fingerprint density at radius 2 is 2.12 bits per heavy atom. The van der Waals surface area contributed by atoms with Gasteiger partial charge in [-0.1, -0.05) is 41.6 Å². The lowest BCUT2D eigenvalue weighted by molar-refractivity contribution is -0.118. The Balaban J connectivity index is 1.66. The highest BCUT2D eigenvalue weighted by molar-refractivity contribution is 7.98. The van der Waals surface area contributed by atoms with Crippen LogP contribution >= 0.6 is 23.4 Å². The molecular weight excluding hydrogens is 362 g/mol. The molecule has 0 bridgehead atoms. The molecule has 1 N–H and O–H groups in total. The van der Waals surface area contributed by atoms with Gasteiger partial charge in [-0.25, -0.2) is 0 Å². The molecule has 0 aliphatic heterocycles. The molecule has 0 aliphatic carbocycles. The Bertz CT molecular complexity index is 886. The van der Waals surface area contributed by atoms with Crippen molar-refractivity contribution in [3.63, 3.8) is 0 Å². The van der Waals surface area contributed by atoms with Gasteiger partial charge in [-0.3, -0.25) is 4.79 Å². The number of amides is 1. The van der Waals surface area contributed by atoms with Crippen LogP contribution in [0, 0.1) is 0 Å². The van der Waals surface area contributed by atoms with Crippen LogP contribution in [0.2, 0.25) is 5.02 Å². The fourth-order valence-electron chi connectivity index (χ4n) is 2.09. The van der Waals surface area contributed by atoms with E-state index in [1.54, 1.807) is 41.1 Å². The minimum Gasteiger partial charge on any atom is -0.482 e. The number of aromatic nitrogens is 4. The van der Waals surface area contributed by atoms with Crippen LogP contribution in [0.25, 0.3) is 5.69 Å². The summed E-state index contributed by atoms with van der Waals surface area (Å²) in [5.74, 6) is 0.172. The van der Waals surface area contributed by atoms with Crippen LogP contribution < -0.4 is 10.1 Å². The molecule has 0 radical (unpaired) electrons. The molecule has 0 fully saturated rings. The summed E-state index contributed by atoms with van der Waals surface area (Å²) in [6.45, 7) is -0.144. The first-order valence-corrected chi connectivity index (χ1v) is 8.87. The monoisotopic (exact) mass is 375 g/mol. The maximum absolute atomic E-state index is 12.1. The van der Waals surface area contributed by atoms with Crippen molar-refractivity contribution >= 4 is 35.0 Å². The van der Waals surface area contributed by atoms with Crippen molar-refractivity contribution in [3.8, 4) is 11.4 Å². The maximum Gasteiger partial charge on any atom is 0.262 e. The van der Waals surface area contributed by atoms with Crippen LogP contribution in [0.1, 0.15) is 0 Å². The number of ether oxygens (including phenoxy) is 1. The third kappa shape index (κ3) is 4.28. The highest BCUT2D eigenvalue weighted by atomic mass is 35.5. The van der Waals surface area contributed by atoms with E-state index in [4.69, 9.17) is 16.3 Å². The van der Waals surface area contributed by atoms with Crippen molar-refractivity contribution in [2.45, 2.75) is 5.16 Å². The SMILES string of the molecule is CSc1nnnn1-c1cccc(NC(=O)COc2ccccc2Cl)c1. The zero-order valence-electron chi connectivity index (χ0n) is 13.2. The summed E-state index contributed by atoms with van der Waals surface area (Å²) in [5.41, 5.74) is 1.37. The van der Waals surface area contributed by atoms with Gasteiger partial charge in [0, 0.05) is 5.69 Å². The minimum atomic E-state index is -0.293. The summed E-state index contributed by atoms with van der Waals surface area (Å²) in [6.07, 6.45) is 1.89. The van der Waals surface area contributed by atoms with Gasteiger partial charge < -0.3 is 10.1 Å². The predicted molar refractivity (Wildman–Crippen MR) is 96.5 cm³/mol. The van der Waals surface area contributed by atoms with Crippen LogP contribution in [0.3, 0.4) is 0 Å². The Hall–Kier alpha value is -2.58. The van der Waals surface area contributed by atoms with Crippen LogP contribution in [0.15, 0.2) is 53.7 Å². The lowest BCUT2D eigenvalue weighted by Gasteiger charge is -2.10. The zero-order valence-corrected chi connectivity index (χ0v) is 14.8. The number of anilines is 1. The molecule has 0 saturated heterocycles. The number of benzene rings is 2. The van der Waals surface area contributed by atoms with Crippen LogP contribution in [0.5, 0.6) is 5.75 Å². The number of carbonyl (C=O) groups is 1. The van der Waals surface area contributed by atoms with E-state index in [9.17, 15) is 4.79 Å². The number of hydrogen-bond acceptors (Lipinski definition) is 6. The molecule has 3 aromatic rings. The van der Waals surface area contributed by atoms with E-state index in [1.807, 2.05) is 18.4 Å². The molecular formula is C16H14ClN5O2S. The van der Waals surface area contributed by atoms with Crippen molar-refractivity contribution < 1.29 is 9.53 Å². The molecule has 0 atom stereocenters. The van der Waals surface area contributed by atoms with Crippen LogP contribution in [-0.2, 0) is 4.79 Å². The molecule has 1 aromatic heterocycles. The number of nitrogens with one attached hydrogen (secondary N) is 1. The fraction of sp³-hybridized carbons (Fsp3) is 0.125. The Kier molecular flexibility index (Phi) is 5.52. The van der Waals surface area contributed by atoms with Crippen LogP contribution in [-0.4, -0.2) is 39.0 Å². The molecule has 0 spiro atoms. The molecule has 7 nitrogen and oxygen atoms in total. The number of hydrogen-bond donors (Lipinski definition) is 1. The highest BCUT2D eigenvalue weighted by Crippen LogP contribution is 2.23. The fourth-order valence-corrected chi connectivity index (χ4v) is 2.71. The second-order valence-corrected chi connectivity index (χ2v) is 6.08. The van der Waals surface area contributed by atoms with E-state index in [1.165, 1.54) is 11.8 Å². The third-order valence-corrected chi connectivity index (χ3v) is 4.13. The number of carbonyl (C=O) groups excluding carboxylic acids is 1. The van der Waals surface area contributed by atoms with Crippen molar-refractivity contribution in [1.29, 1.82) is 0 Å². The first-order valence-electron chi connectivity index (χ1n) is 7.27. The zero-order chi connectivity index (χ0) is 17.6. The first-order chi connectivity index (χ1) is 12.2. The standard InChI is InChI=1S/C16H14ClN5O2S/c1-25-16-19-20-21-22(16)12-6-4-5-11(9-12)18-15(23)10-24-14-8-3-2-7-13(14)17/h2-9H,10H2,1H3,(H,18,23). The van der Waals surface area contributed by atoms with Gasteiger partial charge in [-0.05, 0) is 47.0 Å². The molecule has 128 valence electrons. The number of rotatable bonds is 6. The van der Waals surface area contributed by atoms with Gasteiger partial charge in [0.15, 0.2) is 6.61 Å². The van der Waals surface area contributed by atoms with Gasteiger partial charge >= 0.3 is 0 Å². The molecule has 1 heterocycles. The van der Waals surface area contributed by atoms with Crippen molar-refractivity contribution in [2.24, 2.45) is 0 Å². The summed E-state index contributed by atoms with van der Waals surface area (Å²) >= 11 is 7.42. The second kappa shape index (κ2) is 8.00. The molecule has 9 heteroatoms. The van der Waals surface area contributed by atoms with E-state index in [-0.39, 0.29) is 12.5 Å². The van der Waals surface area contributed by atoms with Crippen molar-refractivity contribution in [2.75, 3.05) is 18.2 Å². The molecule has 0 saturated carbocycles. The van der Waals surface area contributed by atoms with Gasteiger partial charge in [0.25, 0.3) is 5.91 Å². The lowest BCUT2D eigenvalue weighted by atomic mass is 10.3. The Labute approximate surface area is 153 Å². The largest absolute Gasteiger partial charge is 0.482 e. The topological polar surface area (TPSA) is 81.9 Å². The second-order valence-electron chi connectivity index (χ2n) is 4.89. The summed E-state index contributed by atoms with van der Waals surface area (Å²) in [6, 6.07) is 14.2. The van der Waals surface area contributed by atoms with Gasteiger partial charge in [-0.2, -0.15) is 4.68 Å². The third-order valence-electron chi connectivity index (χ3n) is 3.19. The van der Waals surface area contributed by atoms with Gasteiger partial charge in [0.05, 0.1) is 10.7 Å².